The van der Waals surface area contributed by atoms with Crippen LogP contribution in [0.25, 0.3) is 0 Å². The van der Waals surface area contributed by atoms with Gasteiger partial charge in [0.1, 0.15) is 0 Å². The van der Waals surface area contributed by atoms with Gasteiger partial charge in [-0.2, -0.15) is 0 Å². The zero-order chi connectivity index (χ0) is 12.5. The molecule has 0 bridgehead atoms. The molecule has 17 heavy (non-hydrogen) atoms. The maximum Gasteiger partial charge on any atom is 0.304 e. The van der Waals surface area contributed by atoms with Gasteiger partial charge in [-0.1, -0.05) is 6.08 Å². The largest absolute Gasteiger partial charge is 0.481 e. The fourth-order valence-corrected chi connectivity index (χ4v) is 1.63. The van der Waals surface area contributed by atoms with Crippen LogP contribution in [0.4, 0.5) is 0 Å². The molecule has 0 aliphatic carbocycles. The highest BCUT2D eigenvalue weighted by Crippen LogP contribution is 1.97. The minimum Gasteiger partial charge on any atom is -0.481 e. The average molecular weight is 237 g/mol. The van der Waals surface area contributed by atoms with Crippen molar-refractivity contribution in [1.29, 1.82) is 0 Å². The molecule has 94 valence electrons. The van der Waals surface area contributed by atoms with Crippen molar-refractivity contribution in [2.45, 2.75) is 19.4 Å². The maximum absolute atomic E-state index is 10.5. The Morgan fingerprint density at radius 3 is 2.94 bits per heavy atom. The van der Waals surface area contributed by atoms with E-state index >= 15 is 0 Å². The van der Waals surface area contributed by atoms with Gasteiger partial charge in [-0.15, -0.1) is 6.58 Å². The molecule has 0 amide bonds. The van der Waals surface area contributed by atoms with Crippen molar-refractivity contribution in [3.8, 4) is 0 Å². The number of aryl methyl sites for hydroxylation is 1. The third-order valence-corrected chi connectivity index (χ3v) is 2.48. The summed E-state index contributed by atoms with van der Waals surface area (Å²) in [7, 11) is 0. The van der Waals surface area contributed by atoms with E-state index in [9.17, 15) is 4.79 Å². The molecule has 0 saturated carbocycles. The highest BCUT2D eigenvalue weighted by Gasteiger charge is 2.05. The number of rotatable bonds is 9. The predicted molar refractivity (Wildman–Crippen MR) is 65.7 cm³/mol. The minimum atomic E-state index is -0.756. The minimum absolute atomic E-state index is 0.179. The first kappa shape index (κ1) is 13.4. The first-order valence-corrected chi connectivity index (χ1v) is 5.73. The lowest BCUT2D eigenvalue weighted by molar-refractivity contribution is -0.137. The molecule has 0 aliphatic rings. The Kier molecular flexibility index (Phi) is 6.03. The lowest BCUT2D eigenvalue weighted by atomic mass is 10.3. The quantitative estimate of drug-likeness (QED) is 0.656. The zero-order valence-electron chi connectivity index (χ0n) is 9.96. The summed E-state index contributed by atoms with van der Waals surface area (Å²) in [6.07, 6.45) is 8.43. The van der Waals surface area contributed by atoms with Crippen molar-refractivity contribution in [2.24, 2.45) is 0 Å². The molecular formula is C12H19N3O2. The Morgan fingerprint density at radius 2 is 2.35 bits per heavy atom. The van der Waals surface area contributed by atoms with Gasteiger partial charge in [0, 0.05) is 38.6 Å². The summed E-state index contributed by atoms with van der Waals surface area (Å²) in [5.41, 5.74) is 0. The van der Waals surface area contributed by atoms with Crippen molar-refractivity contribution >= 4 is 5.97 Å². The van der Waals surface area contributed by atoms with Gasteiger partial charge in [0.2, 0.25) is 0 Å². The molecule has 0 radical (unpaired) electrons. The molecule has 0 unspecified atom stereocenters. The molecule has 1 aromatic heterocycles. The number of carboxylic acid groups (broad SMARTS) is 1. The van der Waals surface area contributed by atoms with E-state index in [0.29, 0.717) is 6.54 Å². The number of imidazole rings is 1. The molecule has 0 spiro atoms. The van der Waals surface area contributed by atoms with Crippen LogP contribution in [0.3, 0.4) is 0 Å². The van der Waals surface area contributed by atoms with Gasteiger partial charge >= 0.3 is 5.97 Å². The molecule has 5 heteroatoms. The van der Waals surface area contributed by atoms with Crippen LogP contribution in [0.15, 0.2) is 31.4 Å². The van der Waals surface area contributed by atoms with E-state index in [1.807, 2.05) is 10.8 Å². The first-order chi connectivity index (χ1) is 8.22. The fourth-order valence-electron chi connectivity index (χ4n) is 1.63. The molecule has 5 nitrogen and oxygen atoms in total. The average Bonchev–Trinajstić information content (AvgIpc) is 2.78. The van der Waals surface area contributed by atoms with Gasteiger partial charge in [-0.25, -0.2) is 4.98 Å². The number of aromatic nitrogens is 2. The van der Waals surface area contributed by atoms with Crippen molar-refractivity contribution < 1.29 is 9.90 Å². The van der Waals surface area contributed by atoms with E-state index in [1.54, 1.807) is 18.6 Å². The fraction of sp³-hybridized carbons (Fsp3) is 0.500. The van der Waals surface area contributed by atoms with Crippen molar-refractivity contribution in [3.63, 3.8) is 0 Å². The molecule has 1 rings (SSSR count). The van der Waals surface area contributed by atoms with Gasteiger partial charge < -0.3 is 9.67 Å². The van der Waals surface area contributed by atoms with E-state index in [-0.39, 0.29) is 6.42 Å². The smallest absolute Gasteiger partial charge is 0.304 e. The Labute approximate surface area is 101 Å². The van der Waals surface area contributed by atoms with E-state index in [4.69, 9.17) is 5.11 Å². The first-order valence-electron chi connectivity index (χ1n) is 5.73. The molecule has 0 aliphatic heterocycles. The highest BCUT2D eigenvalue weighted by atomic mass is 16.4. The van der Waals surface area contributed by atoms with Crippen LogP contribution in [0, 0.1) is 0 Å². The molecule has 0 saturated heterocycles. The van der Waals surface area contributed by atoms with E-state index in [1.165, 1.54) is 0 Å². The van der Waals surface area contributed by atoms with Crippen LogP contribution in [0.5, 0.6) is 0 Å². The predicted octanol–water partition coefficient (Wildman–Crippen LogP) is 1.24. The van der Waals surface area contributed by atoms with Crippen LogP contribution >= 0.6 is 0 Å². The summed E-state index contributed by atoms with van der Waals surface area (Å²) in [5, 5.41) is 8.64. The van der Waals surface area contributed by atoms with Gasteiger partial charge in [-0.05, 0) is 6.42 Å². The third-order valence-electron chi connectivity index (χ3n) is 2.48. The molecule has 0 fully saturated rings. The van der Waals surface area contributed by atoms with E-state index in [0.717, 1.165) is 26.1 Å². The normalized spacial score (nSPS) is 10.6. The Hall–Kier alpha value is -1.62. The summed E-state index contributed by atoms with van der Waals surface area (Å²) in [4.78, 5) is 16.6. The SMILES string of the molecule is C=CCN(CCCn1ccnc1)CCC(=O)O. The topological polar surface area (TPSA) is 58.4 Å². The van der Waals surface area contributed by atoms with Gasteiger partial charge in [0.25, 0.3) is 0 Å². The van der Waals surface area contributed by atoms with Crippen molar-refractivity contribution in [3.05, 3.63) is 31.4 Å². The lowest BCUT2D eigenvalue weighted by Crippen LogP contribution is -2.28. The van der Waals surface area contributed by atoms with Crippen LogP contribution in [-0.2, 0) is 11.3 Å². The van der Waals surface area contributed by atoms with E-state index < -0.39 is 5.97 Å². The summed E-state index contributed by atoms with van der Waals surface area (Å²) in [6.45, 7) is 6.77. The Bertz CT molecular complexity index is 336. The molecular weight excluding hydrogens is 218 g/mol. The second-order valence-electron chi connectivity index (χ2n) is 3.89. The van der Waals surface area contributed by atoms with E-state index in [2.05, 4.69) is 16.5 Å². The number of hydrogen-bond acceptors (Lipinski definition) is 3. The molecule has 1 N–H and O–H groups in total. The van der Waals surface area contributed by atoms with Crippen molar-refractivity contribution in [2.75, 3.05) is 19.6 Å². The number of aliphatic carboxylic acids is 1. The van der Waals surface area contributed by atoms with Gasteiger partial charge in [0.05, 0.1) is 12.7 Å². The van der Waals surface area contributed by atoms with Crippen LogP contribution in [0.1, 0.15) is 12.8 Å². The van der Waals surface area contributed by atoms with Crippen molar-refractivity contribution in [1.82, 2.24) is 14.5 Å². The van der Waals surface area contributed by atoms with Crippen LogP contribution < -0.4 is 0 Å². The second kappa shape index (κ2) is 7.62. The van der Waals surface area contributed by atoms with Gasteiger partial charge in [-0.3, -0.25) is 9.69 Å². The Morgan fingerprint density at radius 1 is 1.53 bits per heavy atom. The monoisotopic (exact) mass is 237 g/mol. The Balaban J connectivity index is 2.23. The number of carboxylic acids is 1. The van der Waals surface area contributed by atoms with Crippen LogP contribution in [0.2, 0.25) is 0 Å². The number of nitrogens with zero attached hydrogens (tertiary/aromatic N) is 3. The standard InChI is InChI=1S/C12H19N3O2/c1-2-6-14(9-4-12(16)17)7-3-8-15-10-5-13-11-15/h2,5,10-11H,1,3-4,6-9H2,(H,16,17). The summed E-state index contributed by atoms with van der Waals surface area (Å²) < 4.78 is 2.02. The highest BCUT2D eigenvalue weighted by molar-refractivity contribution is 5.66. The second-order valence-corrected chi connectivity index (χ2v) is 3.89. The number of hydrogen-bond donors (Lipinski definition) is 1. The van der Waals surface area contributed by atoms with Crippen LogP contribution in [-0.4, -0.2) is 45.2 Å². The molecule has 1 heterocycles. The summed E-state index contributed by atoms with van der Waals surface area (Å²) >= 11 is 0. The molecule has 0 aromatic carbocycles. The summed E-state index contributed by atoms with van der Waals surface area (Å²) in [6, 6.07) is 0. The lowest BCUT2D eigenvalue weighted by Gasteiger charge is -2.19. The molecule has 1 aromatic rings. The zero-order valence-corrected chi connectivity index (χ0v) is 9.96. The number of carbonyl (C=O) groups is 1. The molecule has 0 atom stereocenters. The third kappa shape index (κ3) is 5.87. The van der Waals surface area contributed by atoms with Gasteiger partial charge in [0.15, 0.2) is 0 Å². The summed E-state index contributed by atoms with van der Waals surface area (Å²) in [5.74, 6) is -0.756. The maximum atomic E-state index is 10.5.